The number of alkyl halides is 6. The van der Waals surface area contributed by atoms with Gasteiger partial charge in [0.15, 0.2) is 0 Å². The molecule has 1 saturated carbocycles. The summed E-state index contributed by atoms with van der Waals surface area (Å²) in [5.74, 6) is 2.00. The van der Waals surface area contributed by atoms with Crippen molar-refractivity contribution < 1.29 is 36.2 Å². The monoisotopic (exact) mass is 662 g/mol. The van der Waals surface area contributed by atoms with Crippen molar-refractivity contribution in [2.24, 2.45) is 17.8 Å². The molecule has 1 N–H and O–H groups in total. The van der Waals surface area contributed by atoms with E-state index < -0.39 is 23.5 Å². The molecule has 0 amide bonds. The first kappa shape index (κ1) is 32.0. The first-order valence-corrected chi connectivity index (χ1v) is 15.8. The first-order valence-electron chi connectivity index (χ1n) is 15.8. The number of methoxy groups -OCH3 is 1. The third kappa shape index (κ3) is 6.09. The molecule has 0 saturated heterocycles. The van der Waals surface area contributed by atoms with E-state index in [0.29, 0.717) is 17.8 Å². The summed E-state index contributed by atoms with van der Waals surface area (Å²) in [7, 11) is 1.62. The molecule has 48 heavy (non-hydrogen) atoms. The molecule has 2 aliphatic rings. The number of fused-ring (bicyclic) bond motifs is 2. The van der Waals surface area contributed by atoms with E-state index in [1.165, 1.54) is 0 Å². The van der Waals surface area contributed by atoms with Crippen molar-refractivity contribution in [1.82, 2.24) is 9.78 Å². The van der Waals surface area contributed by atoms with Crippen molar-refractivity contribution in [2.45, 2.75) is 38.0 Å². The number of hydrogen-bond acceptors (Lipinski definition) is 3. The van der Waals surface area contributed by atoms with Gasteiger partial charge < -0.3 is 9.84 Å². The maximum Gasteiger partial charge on any atom is 0.416 e. The second kappa shape index (κ2) is 12.1. The van der Waals surface area contributed by atoms with E-state index in [0.717, 1.165) is 82.9 Å². The molecule has 3 atom stereocenters. The quantitative estimate of drug-likeness (QED) is 0.184. The number of hydrogen-bond donors (Lipinski definition) is 1. The normalized spacial score (nSPS) is 19.2. The van der Waals surface area contributed by atoms with Gasteiger partial charge in [0, 0.05) is 17.7 Å². The van der Waals surface area contributed by atoms with Gasteiger partial charge in [-0.2, -0.15) is 31.4 Å². The molecule has 0 bridgehead atoms. The number of aromatic nitrogens is 2. The summed E-state index contributed by atoms with van der Waals surface area (Å²) in [4.78, 5) is 0. The molecule has 0 unspecified atom stereocenters. The predicted molar refractivity (Wildman–Crippen MR) is 171 cm³/mol. The lowest BCUT2D eigenvalue weighted by Gasteiger charge is -2.15. The third-order valence-corrected chi connectivity index (χ3v) is 9.84. The Balaban J connectivity index is 1.28. The van der Waals surface area contributed by atoms with Gasteiger partial charge in [-0.25, -0.2) is 4.68 Å². The topological polar surface area (TPSA) is 47.3 Å². The maximum absolute atomic E-state index is 13.6. The fourth-order valence-corrected chi connectivity index (χ4v) is 7.23. The van der Waals surface area contributed by atoms with Gasteiger partial charge in [-0.1, -0.05) is 48.5 Å². The molecule has 7 rings (SSSR count). The Hall–Kier alpha value is -4.57. The second-order valence-corrected chi connectivity index (χ2v) is 12.6. The summed E-state index contributed by atoms with van der Waals surface area (Å²) in [6.07, 6.45) is -6.54. The smallest absolute Gasteiger partial charge is 0.416 e. The number of aliphatic hydroxyl groups excluding tert-OH is 1. The average Bonchev–Trinajstić information content (AvgIpc) is 3.62. The standard InChI is InChI=1S/C38H32F6N2O2/c1-48-30-12-8-23(9-13-30)22-6-10-29(11-7-22)46-36(33-15-14-31-32(34(31)21-47)16-17-35(33)45-46)25-4-2-24(3-5-25)26-18-27(37(39,40)41)20-28(19-26)38(42,43)44/h2-13,18-20,31-32,34,47H,14-17,21H2,1H3/t31-,32+,34-/m1/s1. The van der Waals surface area contributed by atoms with Crippen molar-refractivity contribution in [3.63, 3.8) is 0 Å². The van der Waals surface area contributed by atoms with Crippen molar-refractivity contribution in [3.05, 3.63) is 113 Å². The predicted octanol–water partition coefficient (Wildman–Crippen LogP) is 9.65. The van der Waals surface area contributed by atoms with Crippen LogP contribution in [0.1, 0.15) is 35.2 Å². The molecule has 2 aliphatic carbocycles. The third-order valence-electron chi connectivity index (χ3n) is 9.84. The van der Waals surface area contributed by atoms with Crippen LogP contribution in [0.4, 0.5) is 26.3 Å². The van der Waals surface area contributed by atoms with Crippen LogP contribution in [0.2, 0.25) is 0 Å². The van der Waals surface area contributed by atoms with Crippen LogP contribution in [0.3, 0.4) is 0 Å². The van der Waals surface area contributed by atoms with Gasteiger partial charge in [-0.3, -0.25) is 0 Å². The Kier molecular flexibility index (Phi) is 8.10. The van der Waals surface area contributed by atoms with E-state index in [-0.39, 0.29) is 23.8 Å². The average molecular weight is 663 g/mol. The lowest BCUT2D eigenvalue weighted by molar-refractivity contribution is -0.143. The molecule has 4 aromatic carbocycles. The highest BCUT2D eigenvalue weighted by atomic mass is 19.4. The van der Waals surface area contributed by atoms with Gasteiger partial charge >= 0.3 is 12.4 Å². The minimum absolute atomic E-state index is 0.139. The highest BCUT2D eigenvalue weighted by molar-refractivity contribution is 5.74. The largest absolute Gasteiger partial charge is 0.497 e. The SMILES string of the molecule is COc1ccc(-c2ccc(-n3nc4c(c3-c3ccc(-c5cc(C(F)(F)F)cc(C(F)(F)F)c5)cc3)CC[C@H]3[C@@H](CO)[C@H]3CC4)cc2)cc1. The zero-order valence-corrected chi connectivity index (χ0v) is 25.9. The fraction of sp³-hybridized carbons (Fsp3) is 0.289. The summed E-state index contributed by atoms with van der Waals surface area (Å²) in [6.45, 7) is 0.174. The molecule has 0 radical (unpaired) electrons. The van der Waals surface area contributed by atoms with Gasteiger partial charge in [0.2, 0.25) is 0 Å². The summed E-state index contributed by atoms with van der Waals surface area (Å²) in [5.41, 5.74) is 3.84. The van der Waals surface area contributed by atoms with Crippen LogP contribution in [0, 0.1) is 17.8 Å². The van der Waals surface area contributed by atoms with Crippen LogP contribution in [0.25, 0.3) is 39.2 Å². The number of aryl methyl sites for hydroxylation is 1. The Bertz CT molecular complexity index is 1900. The molecule has 1 heterocycles. The van der Waals surface area contributed by atoms with Crippen molar-refractivity contribution >= 4 is 0 Å². The van der Waals surface area contributed by atoms with Crippen molar-refractivity contribution in [2.75, 3.05) is 13.7 Å². The Morgan fingerprint density at radius 3 is 1.73 bits per heavy atom. The zero-order valence-electron chi connectivity index (χ0n) is 25.9. The van der Waals surface area contributed by atoms with Gasteiger partial charge in [-0.05, 0) is 108 Å². The summed E-state index contributed by atoms with van der Waals surface area (Å²) < 4.78 is 88.5. The number of benzene rings is 4. The molecule has 0 aliphatic heterocycles. The number of nitrogens with zero attached hydrogens (tertiary/aromatic N) is 2. The second-order valence-electron chi connectivity index (χ2n) is 12.6. The number of rotatable bonds is 6. The van der Waals surface area contributed by atoms with Crippen LogP contribution < -0.4 is 4.74 Å². The molecular weight excluding hydrogens is 630 g/mol. The summed E-state index contributed by atoms with van der Waals surface area (Å²) in [5, 5.41) is 14.9. The van der Waals surface area contributed by atoms with Gasteiger partial charge in [0.25, 0.3) is 0 Å². The molecule has 1 fully saturated rings. The Morgan fingerprint density at radius 2 is 1.19 bits per heavy atom. The van der Waals surface area contributed by atoms with E-state index in [1.807, 2.05) is 53.2 Å². The summed E-state index contributed by atoms with van der Waals surface area (Å²) >= 11 is 0. The summed E-state index contributed by atoms with van der Waals surface area (Å²) in [6, 6.07) is 24.0. The minimum Gasteiger partial charge on any atom is -0.497 e. The van der Waals surface area contributed by atoms with Crippen LogP contribution in [0.5, 0.6) is 5.75 Å². The molecular formula is C38H32F6N2O2. The van der Waals surface area contributed by atoms with E-state index in [9.17, 15) is 31.4 Å². The molecule has 10 heteroatoms. The van der Waals surface area contributed by atoms with Gasteiger partial charge in [0.1, 0.15) is 5.75 Å². The molecule has 0 spiro atoms. The first-order chi connectivity index (χ1) is 22.9. The van der Waals surface area contributed by atoms with E-state index in [1.54, 1.807) is 31.4 Å². The zero-order chi connectivity index (χ0) is 33.8. The van der Waals surface area contributed by atoms with E-state index >= 15 is 0 Å². The van der Waals surface area contributed by atoms with Crippen LogP contribution in [-0.4, -0.2) is 28.6 Å². The lowest BCUT2D eigenvalue weighted by Crippen LogP contribution is -2.11. The maximum atomic E-state index is 13.6. The van der Waals surface area contributed by atoms with Crippen molar-refractivity contribution in [1.29, 1.82) is 0 Å². The number of ether oxygens (including phenoxy) is 1. The highest BCUT2D eigenvalue weighted by Crippen LogP contribution is 2.53. The lowest BCUT2D eigenvalue weighted by atomic mass is 9.93. The van der Waals surface area contributed by atoms with Gasteiger partial charge in [0.05, 0.1) is 35.3 Å². The molecule has 5 aromatic rings. The Morgan fingerprint density at radius 1 is 0.688 bits per heavy atom. The number of aliphatic hydroxyl groups is 1. The van der Waals surface area contributed by atoms with Crippen molar-refractivity contribution in [3.8, 4) is 44.9 Å². The Labute approximate surface area is 273 Å². The van der Waals surface area contributed by atoms with E-state index in [4.69, 9.17) is 9.84 Å². The van der Waals surface area contributed by atoms with E-state index in [2.05, 4.69) is 0 Å². The minimum atomic E-state index is -4.93. The number of halogens is 6. The highest BCUT2D eigenvalue weighted by Gasteiger charge is 2.49. The van der Waals surface area contributed by atoms with Crippen LogP contribution >= 0.6 is 0 Å². The van der Waals surface area contributed by atoms with Gasteiger partial charge in [-0.15, -0.1) is 0 Å². The van der Waals surface area contributed by atoms with Crippen LogP contribution in [-0.2, 0) is 25.2 Å². The van der Waals surface area contributed by atoms with Crippen LogP contribution in [0.15, 0.2) is 91.0 Å². The molecule has 248 valence electrons. The molecule has 4 nitrogen and oxygen atoms in total. The fourth-order valence-electron chi connectivity index (χ4n) is 7.23. The molecule has 1 aromatic heterocycles.